The average Bonchev–Trinajstić information content (AvgIpc) is 2.73. The number of fused-ring (bicyclic) bond motifs is 4. The zero-order valence-corrected chi connectivity index (χ0v) is 12.4. The van der Waals surface area contributed by atoms with E-state index in [0.717, 1.165) is 5.92 Å². The van der Waals surface area contributed by atoms with Crippen LogP contribution in [0.4, 0.5) is 0 Å². The second kappa shape index (κ2) is 4.08. The van der Waals surface area contributed by atoms with Crippen molar-refractivity contribution >= 4 is 23.5 Å². The van der Waals surface area contributed by atoms with Gasteiger partial charge in [-0.1, -0.05) is 31.2 Å². The highest BCUT2D eigenvalue weighted by Crippen LogP contribution is 2.61. The van der Waals surface area contributed by atoms with E-state index in [2.05, 4.69) is 54.7 Å². The Bertz CT molecular complexity index is 532. The molecule has 4 rings (SSSR count). The normalized spacial score (nSPS) is 33.9. The lowest BCUT2D eigenvalue weighted by Crippen LogP contribution is -2.34. The molecule has 1 aromatic carbocycles. The Morgan fingerprint density at radius 1 is 1.17 bits per heavy atom. The monoisotopic (exact) mass is 274 g/mol. The van der Waals surface area contributed by atoms with Gasteiger partial charge < -0.3 is 0 Å². The van der Waals surface area contributed by atoms with E-state index in [1.165, 1.54) is 30.8 Å². The average molecular weight is 274 g/mol. The maximum Gasteiger partial charge on any atom is 0.0276 e. The van der Waals surface area contributed by atoms with Gasteiger partial charge in [0.1, 0.15) is 0 Å². The maximum absolute atomic E-state index is 2.51. The highest BCUT2D eigenvalue weighted by Gasteiger charge is 2.49. The van der Waals surface area contributed by atoms with E-state index in [0.29, 0.717) is 5.41 Å². The van der Waals surface area contributed by atoms with Gasteiger partial charge in [0.05, 0.1) is 0 Å². The molecule has 1 aromatic rings. The summed E-state index contributed by atoms with van der Waals surface area (Å²) < 4.78 is 0. The third kappa shape index (κ3) is 1.42. The molecule has 3 aliphatic rings. The van der Waals surface area contributed by atoms with Crippen molar-refractivity contribution in [3.05, 3.63) is 45.2 Å². The van der Waals surface area contributed by atoms with Crippen molar-refractivity contribution < 1.29 is 0 Å². The first-order chi connectivity index (χ1) is 8.80. The first kappa shape index (κ1) is 11.5. The summed E-state index contributed by atoms with van der Waals surface area (Å²) in [5, 5.41) is 0. The lowest BCUT2D eigenvalue weighted by Gasteiger charge is -2.40. The maximum atomic E-state index is 2.51. The van der Waals surface area contributed by atoms with Crippen LogP contribution in [0.1, 0.15) is 30.9 Å². The fraction of sp³-hybridized carbons (Fsp3) is 0.500. The highest BCUT2D eigenvalue weighted by atomic mass is 32.2. The summed E-state index contributed by atoms with van der Waals surface area (Å²) in [5.41, 5.74) is 3.56. The van der Waals surface area contributed by atoms with Gasteiger partial charge in [0, 0.05) is 21.8 Å². The molecule has 2 atom stereocenters. The first-order valence-electron chi connectivity index (χ1n) is 6.88. The van der Waals surface area contributed by atoms with Crippen LogP contribution in [0.2, 0.25) is 0 Å². The minimum atomic E-state index is 0.336. The van der Waals surface area contributed by atoms with Crippen LogP contribution in [-0.2, 0) is 11.8 Å². The van der Waals surface area contributed by atoms with Gasteiger partial charge in [-0.3, -0.25) is 0 Å². The van der Waals surface area contributed by atoms with Gasteiger partial charge in [-0.2, -0.15) is 0 Å². The van der Waals surface area contributed by atoms with Gasteiger partial charge >= 0.3 is 0 Å². The van der Waals surface area contributed by atoms with E-state index in [-0.39, 0.29) is 0 Å². The molecule has 0 bridgehead atoms. The number of hydrogen-bond acceptors (Lipinski definition) is 2. The number of thioether (sulfide) groups is 2. The zero-order chi connectivity index (χ0) is 12.2. The number of hydrogen-bond donors (Lipinski definition) is 0. The highest BCUT2D eigenvalue weighted by molar-refractivity contribution is 8.10. The van der Waals surface area contributed by atoms with Crippen LogP contribution in [0.3, 0.4) is 0 Å². The van der Waals surface area contributed by atoms with Crippen molar-refractivity contribution in [1.29, 1.82) is 0 Å². The second-order valence-corrected chi connectivity index (χ2v) is 8.04. The molecule has 1 heterocycles. The van der Waals surface area contributed by atoms with Crippen LogP contribution in [0.15, 0.2) is 34.1 Å². The van der Waals surface area contributed by atoms with E-state index >= 15 is 0 Å². The Morgan fingerprint density at radius 3 is 2.94 bits per heavy atom. The number of allylic oxidation sites excluding steroid dienone is 2. The molecule has 2 heteroatoms. The van der Waals surface area contributed by atoms with E-state index in [9.17, 15) is 0 Å². The van der Waals surface area contributed by atoms with Gasteiger partial charge in [0.25, 0.3) is 0 Å². The van der Waals surface area contributed by atoms with E-state index in [4.69, 9.17) is 0 Å². The fourth-order valence-electron chi connectivity index (χ4n) is 3.97. The molecule has 0 N–H and O–H groups in total. The standard InChI is InChI=1S/C16H18S2/c1-16-12(10-14-15(16)18-9-8-17-14)7-6-11-4-2-3-5-13(11)16/h2-5,12H,6-10H2,1H3/t12-,16+/m1/s1. The first-order valence-corrected chi connectivity index (χ1v) is 8.85. The molecule has 0 saturated heterocycles. The molecule has 0 radical (unpaired) electrons. The van der Waals surface area contributed by atoms with Gasteiger partial charge in [-0.25, -0.2) is 0 Å². The fourth-order valence-corrected chi connectivity index (χ4v) is 6.92. The molecule has 0 aromatic heterocycles. The molecule has 0 fully saturated rings. The number of benzene rings is 1. The van der Waals surface area contributed by atoms with Crippen molar-refractivity contribution in [3.8, 4) is 0 Å². The van der Waals surface area contributed by atoms with E-state index < -0.39 is 0 Å². The smallest absolute Gasteiger partial charge is 0.0276 e. The Kier molecular flexibility index (Phi) is 2.60. The largest absolute Gasteiger partial charge is 0.129 e. The molecular formula is C16H18S2. The molecule has 94 valence electrons. The molecule has 0 spiro atoms. The molecule has 18 heavy (non-hydrogen) atoms. The Balaban J connectivity index is 1.91. The zero-order valence-electron chi connectivity index (χ0n) is 10.7. The van der Waals surface area contributed by atoms with Gasteiger partial charge in [-0.15, -0.1) is 23.5 Å². The van der Waals surface area contributed by atoms with Crippen LogP contribution in [-0.4, -0.2) is 11.5 Å². The summed E-state index contributed by atoms with van der Waals surface area (Å²) in [7, 11) is 0. The quantitative estimate of drug-likeness (QED) is 0.678. The van der Waals surface area contributed by atoms with Gasteiger partial charge in [-0.05, 0) is 41.2 Å². The molecule has 0 nitrogen and oxygen atoms in total. The summed E-state index contributed by atoms with van der Waals surface area (Å²) >= 11 is 4.27. The molecule has 1 aliphatic heterocycles. The van der Waals surface area contributed by atoms with Gasteiger partial charge in [0.15, 0.2) is 0 Å². The molecule has 2 aliphatic carbocycles. The third-order valence-corrected chi connectivity index (χ3v) is 7.80. The molecule has 0 unspecified atom stereocenters. The van der Waals surface area contributed by atoms with Crippen LogP contribution in [0, 0.1) is 5.92 Å². The van der Waals surface area contributed by atoms with Crippen LogP contribution in [0.25, 0.3) is 0 Å². The van der Waals surface area contributed by atoms with E-state index in [1.807, 2.05) is 0 Å². The van der Waals surface area contributed by atoms with Crippen molar-refractivity contribution in [3.63, 3.8) is 0 Å². The van der Waals surface area contributed by atoms with Crippen LogP contribution in [0.5, 0.6) is 0 Å². The summed E-state index contributed by atoms with van der Waals surface area (Å²) in [4.78, 5) is 3.44. The van der Waals surface area contributed by atoms with Crippen LogP contribution >= 0.6 is 23.5 Å². The van der Waals surface area contributed by atoms with Crippen molar-refractivity contribution in [2.24, 2.45) is 5.92 Å². The minimum absolute atomic E-state index is 0.336. The minimum Gasteiger partial charge on any atom is -0.129 e. The lowest BCUT2D eigenvalue weighted by molar-refractivity contribution is 0.333. The van der Waals surface area contributed by atoms with Crippen molar-refractivity contribution in [1.82, 2.24) is 0 Å². The molecular weight excluding hydrogens is 256 g/mol. The summed E-state index contributed by atoms with van der Waals surface area (Å²) in [6.07, 6.45) is 4.01. The van der Waals surface area contributed by atoms with Crippen molar-refractivity contribution in [2.75, 3.05) is 11.5 Å². The lowest BCUT2D eigenvalue weighted by atomic mass is 9.66. The van der Waals surface area contributed by atoms with E-state index in [1.54, 1.807) is 20.9 Å². The van der Waals surface area contributed by atoms with Gasteiger partial charge in [0.2, 0.25) is 0 Å². The molecule has 0 saturated carbocycles. The molecule has 0 amide bonds. The number of aryl methyl sites for hydroxylation is 1. The summed E-state index contributed by atoms with van der Waals surface area (Å²) in [6, 6.07) is 9.16. The van der Waals surface area contributed by atoms with Crippen LogP contribution < -0.4 is 0 Å². The predicted molar refractivity (Wildman–Crippen MR) is 82.2 cm³/mol. The van der Waals surface area contributed by atoms with Crippen molar-refractivity contribution in [2.45, 2.75) is 31.6 Å². The Labute approximate surface area is 118 Å². The number of rotatable bonds is 0. The summed E-state index contributed by atoms with van der Waals surface area (Å²) in [6.45, 7) is 2.51. The SMILES string of the molecule is C[C@]12C3=C(C[C@H]1CCc1ccccc12)SCCS3. The topological polar surface area (TPSA) is 0 Å². The Hall–Kier alpha value is -0.340. The Morgan fingerprint density at radius 2 is 2.00 bits per heavy atom. The predicted octanol–water partition coefficient (Wildman–Crippen LogP) is 4.60. The summed E-state index contributed by atoms with van der Waals surface area (Å²) in [5.74, 6) is 3.47. The second-order valence-electron chi connectivity index (χ2n) is 5.75. The third-order valence-electron chi connectivity index (χ3n) is 4.92.